The summed E-state index contributed by atoms with van der Waals surface area (Å²) >= 11 is 2.45. The number of nitriles is 1. The lowest BCUT2D eigenvalue weighted by Crippen LogP contribution is -2.21. The molecule has 27 heavy (non-hydrogen) atoms. The van der Waals surface area contributed by atoms with Gasteiger partial charge in [0.25, 0.3) is 5.91 Å². The second-order valence-electron chi connectivity index (χ2n) is 5.51. The largest absolute Gasteiger partial charge is 0.452 e. The predicted octanol–water partition coefficient (Wildman–Crippen LogP) is 4.66. The Kier molecular flexibility index (Phi) is 7.99. The molecule has 0 heterocycles. The zero-order valence-corrected chi connectivity index (χ0v) is 16.5. The van der Waals surface area contributed by atoms with Crippen LogP contribution in [0.1, 0.15) is 11.1 Å². The Labute approximate surface area is 166 Å². The number of esters is 1. The van der Waals surface area contributed by atoms with Gasteiger partial charge in [-0.1, -0.05) is 30.0 Å². The highest BCUT2D eigenvalue weighted by Crippen LogP contribution is 2.27. The van der Waals surface area contributed by atoms with Crippen molar-refractivity contribution in [3.05, 3.63) is 65.1 Å². The van der Waals surface area contributed by atoms with Gasteiger partial charge in [-0.15, -0.1) is 0 Å². The van der Waals surface area contributed by atoms with Gasteiger partial charge in [0.15, 0.2) is 6.61 Å². The normalized spacial score (nSPS) is 10.4. The molecular formula is C20H18N2O3S2. The summed E-state index contributed by atoms with van der Waals surface area (Å²) in [5.41, 5.74) is 2.34. The maximum atomic E-state index is 12.1. The third kappa shape index (κ3) is 6.85. The first-order valence-electron chi connectivity index (χ1n) is 8.01. The van der Waals surface area contributed by atoms with Gasteiger partial charge in [-0.2, -0.15) is 5.26 Å². The number of carbonyl (C=O) groups excluding carboxylic acids is 2. The first-order valence-corrected chi connectivity index (χ1v) is 9.71. The fourth-order valence-electron chi connectivity index (χ4n) is 2.26. The molecule has 0 fully saturated rings. The fraction of sp³-hybridized carbons (Fsp3) is 0.150. The molecule has 0 aliphatic rings. The van der Waals surface area contributed by atoms with E-state index in [1.807, 2.05) is 61.7 Å². The number of thioether (sulfide) groups is 2. The van der Waals surface area contributed by atoms with Gasteiger partial charge in [0, 0.05) is 21.6 Å². The van der Waals surface area contributed by atoms with Crippen LogP contribution in [0, 0.1) is 24.5 Å². The van der Waals surface area contributed by atoms with Gasteiger partial charge < -0.3 is 10.1 Å². The number of anilines is 1. The first kappa shape index (κ1) is 20.6. The van der Waals surface area contributed by atoms with Crippen LogP contribution < -0.4 is 5.32 Å². The monoisotopic (exact) mass is 398 g/mol. The highest BCUT2D eigenvalue weighted by atomic mass is 32.2. The Morgan fingerprint density at radius 2 is 1.81 bits per heavy atom. The molecule has 1 amide bonds. The van der Waals surface area contributed by atoms with Crippen LogP contribution in [-0.4, -0.2) is 18.5 Å². The number of thiocyanates is 1. The van der Waals surface area contributed by atoms with Gasteiger partial charge in [0.2, 0.25) is 0 Å². The number of hydrogen-bond donors (Lipinski definition) is 1. The fourth-order valence-corrected chi connectivity index (χ4v) is 3.49. The lowest BCUT2D eigenvalue weighted by Gasteiger charge is -2.12. The minimum absolute atomic E-state index is 0.368. The van der Waals surface area contributed by atoms with Crippen molar-refractivity contribution in [1.82, 2.24) is 0 Å². The Hall–Kier alpha value is -2.69. The van der Waals surface area contributed by atoms with E-state index >= 15 is 0 Å². The Morgan fingerprint density at radius 3 is 2.44 bits per heavy atom. The smallest absolute Gasteiger partial charge is 0.331 e. The van der Waals surface area contributed by atoms with Crippen LogP contribution >= 0.6 is 23.5 Å². The van der Waals surface area contributed by atoms with Gasteiger partial charge in [0.1, 0.15) is 5.40 Å². The highest BCUT2D eigenvalue weighted by Gasteiger charge is 2.11. The molecule has 0 saturated carbocycles. The third-order valence-corrected chi connectivity index (χ3v) is 4.81. The number of ether oxygens (including phenoxy) is 1. The van der Waals surface area contributed by atoms with E-state index in [9.17, 15) is 9.59 Å². The number of aryl methyl sites for hydroxylation is 2. The minimum atomic E-state index is -0.581. The summed E-state index contributed by atoms with van der Waals surface area (Å²) in [5.74, 6) is -0.998. The second-order valence-corrected chi connectivity index (χ2v) is 7.35. The third-order valence-electron chi connectivity index (χ3n) is 3.43. The van der Waals surface area contributed by atoms with E-state index < -0.39 is 11.9 Å². The van der Waals surface area contributed by atoms with E-state index in [2.05, 4.69) is 5.32 Å². The molecule has 0 aliphatic heterocycles. The van der Waals surface area contributed by atoms with Gasteiger partial charge in [-0.05, 0) is 66.4 Å². The molecule has 7 heteroatoms. The lowest BCUT2D eigenvalue weighted by atomic mass is 10.1. The summed E-state index contributed by atoms with van der Waals surface area (Å²) in [4.78, 5) is 25.6. The van der Waals surface area contributed by atoms with Crippen molar-refractivity contribution in [3.8, 4) is 5.40 Å². The summed E-state index contributed by atoms with van der Waals surface area (Å²) in [6.45, 7) is 3.33. The van der Waals surface area contributed by atoms with Crippen LogP contribution in [0.4, 0.5) is 5.69 Å². The van der Waals surface area contributed by atoms with Crippen LogP contribution in [0.2, 0.25) is 0 Å². The van der Waals surface area contributed by atoms with Crippen molar-refractivity contribution >= 4 is 41.1 Å². The lowest BCUT2D eigenvalue weighted by molar-refractivity contribution is -0.142. The zero-order chi connectivity index (χ0) is 19.6. The molecule has 1 N–H and O–H groups in total. The van der Waals surface area contributed by atoms with E-state index in [1.54, 1.807) is 5.41 Å². The van der Waals surface area contributed by atoms with E-state index in [0.717, 1.165) is 32.7 Å². The average Bonchev–Trinajstić information content (AvgIpc) is 2.64. The van der Waals surface area contributed by atoms with E-state index in [4.69, 9.17) is 10.00 Å². The van der Waals surface area contributed by atoms with Crippen molar-refractivity contribution in [2.75, 3.05) is 11.9 Å². The number of carbonyl (C=O) groups is 2. The Bertz CT molecular complexity index is 867. The van der Waals surface area contributed by atoms with Crippen molar-refractivity contribution in [3.63, 3.8) is 0 Å². The summed E-state index contributed by atoms with van der Waals surface area (Å²) in [6, 6.07) is 13.2. The number of nitrogens with one attached hydrogen (secondary N) is 1. The molecule has 2 aromatic rings. The van der Waals surface area contributed by atoms with E-state index in [-0.39, 0.29) is 6.61 Å². The molecule has 0 saturated heterocycles. The molecule has 2 rings (SSSR count). The molecule has 0 aliphatic carbocycles. The number of hydrogen-bond acceptors (Lipinski definition) is 6. The van der Waals surface area contributed by atoms with Crippen LogP contribution in [0.5, 0.6) is 0 Å². The molecule has 0 atom stereocenters. The number of benzene rings is 2. The van der Waals surface area contributed by atoms with Gasteiger partial charge in [-0.25, -0.2) is 4.79 Å². The van der Waals surface area contributed by atoms with Gasteiger partial charge in [0.05, 0.1) is 0 Å². The Balaban J connectivity index is 1.84. The molecule has 0 bridgehead atoms. The standard InChI is InChI=1S/C20H18N2O3S2/c1-14-10-17(27-13-21)11-15(2)20(14)22-18(23)12-25-19(24)8-9-26-16-6-4-3-5-7-16/h3-11H,12H2,1-2H3,(H,22,23)/b9-8+. The number of rotatable bonds is 7. The minimum Gasteiger partial charge on any atom is -0.452 e. The van der Waals surface area contributed by atoms with Crippen molar-refractivity contribution < 1.29 is 14.3 Å². The first-order chi connectivity index (χ1) is 13.0. The molecule has 0 radical (unpaired) electrons. The maximum Gasteiger partial charge on any atom is 0.331 e. The topological polar surface area (TPSA) is 79.2 Å². The second kappa shape index (κ2) is 10.5. The molecule has 5 nitrogen and oxygen atoms in total. The van der Waals surface area contributed by atoms with Crippen LogP contribution in [0.15, 0.2) is 63.7 Å². The highest BCUT2D eigenvalue weighted by molar-refractivity contribution is 8.03. The Morgan fingerprint density at radius 1 is 1.15 bits per heavy atom. The molecule has 0 aromatic heterocycles. The van der Waals surface area contributed by atoms with Crippen molar-refractivity contribution in [2.24, 2.45) is 0 Å². The van der Waals surface area contributed by atoms with Crippen LogP contribution in [-0.2, 0) is 14.3 Å². The molecule has 0 unspecified atom stereocenters. The van der Waals surface area contributed by atoms with Crippen molar-refractivity contribution in [1.29, 1.82) is 5.26 Å². The van der Waals surface area contributed by atoms with E-state index in [0.29, 0.717) is 5.69 Å². The van der Waals surface area contributed by atoms with Crippen molar-refractivity contribution in [2.45, 2.75) is 23.6 Å². The quantitative estimate of drug-likeness (QED) is 0.316. The van der Waals surface area contributed by atoms with Crippen LogP contribution in [0.3, 0.4) is 0 Å². The average molecular weight is 399 g/mol. The molecule has 0 spiro atoms. The number of amides is 1. The molecule has 2 aromatic carbocycles. The van der Waals surface area contributed by atoms with E-state index in [1.165, 1.54) is 17.8 Å². The summed E-state index contributed by atoms with van der Waals surface area (Å²) in [5, 5.41) is 15.1. The zero-order valence-electron chi connectivity index (χ0n) is 14.9. The summed E-state index contributed by atoms with van der Waals surface area (Å²) < 4.78 is 4.96. The summed E-state index contributed by atoms with van der Waals surface area (Å²) in [6.07, 6.45) is 1.29. The van der Waals surface area contributed by atoms with Gasteiger partial charge >= 0.3 is 5.97 Å². The molecule has 138 valence electrons. The summed E-state index contributed by atoms with van der Waals surface area (Å²) in [7, 11) is 0. The number of nitrogens with zero attached hydrogens (tertiary/aromatic N) is 1. The molecular weight excluding hydrogens is 380 g/mol. The van der Waals surface area contributed by atoms with Gasteiger partial charge in [-0.3, -0.25) is 4.79 Å². The SMILES string of the molecule is Cc1cc(SC#N)cc(C)c1NC(=O)COC(=O)/C=C/Sc1ccccc1. The maximum absolute atomic E-state index is 12.1. The van der Waals surface area contributed by atoms with Crippen LogP contribution in [0.25, 0.3) is 0 Å². The predicted molar refractivity (Wildman–Crippen MR) is 108 cm³/mol.